The first-order chi connectivity index (χ1) is 33.2. The van der Waals surface area contributed by atoms with E-state index >= 15 is 0 Å². The molecule has 0 amide bonds. The van der Waals surface area contributed by atoms with E-state index in [1.807, 2.05) is 0 Å². The molecule has 0 aliphatic heterocycles. The number of rotatable bonds is 6. The Morgan fingerprint density at radius 3 is 1.58 bits per heavy atom. The highest BCUT2D eigenvalue weighted by molar-refractivity contribution is 6.04. The van der Waals surface area contributed by atoms with Gasteiger partial charge in [-0.2, -0.15) is 0 Å². The van der Waals surface area contributed by atoms with Crippen molar-refractivity contribution < 1.29 is 0 Å². The molecule has 0 saturated heterocycles. The van der Waals surface area contributed by atoms with Crippen LogP contribution in [0.5, 0.6) is 0 Å². The lowest BCUT2D eigenvalue weighted by atomic mass is 9.69. The van der Waals surface area contributed by atoms with Gasteiger partial charge in [-0.05, 0) is 171 Å². The number of anilines is 5. The maximum Gasteiger partial charge on any atom is 0.0727 e. The Kier molecular flexibility index (Phi) is 9.14. The molecule has 0 heterocycles. The number of nitrogens with zero attached hydrogens (tertiary/aromatic N) is 2. The third-order valence-corrected chi connectivity index (χ3v) is 17.1. The highest BCUT2D eigenvalue weighted by Gasteiger charge is 2.53. The van der Waals surface area contributed by atoms with Crippen LogP contribution >= 0.6 is 0 Å². The first-order valence-electron chi connectivity index (χ1n) is 25.4. The minimum absolute atomic E-state index is 0.462. The van der Waals surface area contributed by atoms with Crippen LogP contribution in [0.25, 0.3) is 43.8 Å². The van der Waals surface area contributed by atoms with E-state index in [0.717, 1.165) is 23.2 Å². The quantitative estimate of drug-likeness (QED) is 0.164. The predicted octanol–water partition coefficient (Wildman–Crippen LogP) is 17.2. The number of benzene rings is 9. The fraction of sp³-hybridized carbons (Fsp3) is 0.231. The van der Waals surface area contributed by atoms with Crippen molar-refractivity contribution in [3.63, 3.8) is 0 Å². The van der Waals surface area contributed by atoms with Crippen LogP contribution < -0.4 is 9.80 Å². The van der Waals surface area contributed by atoms with E-state index in [4.69, 9.17) is 0 Å². The van der Waals surface area contributed by atoms with Gasteiger partial charge >= 0.3 is 0 Å². The molecule has 9 aromatic carbocycles. The predicted molar refractivity (Wildman–Crippen MR) is 281 cm³/mol. The Balaban J connectivity index is 1.01. The molecule has 2 fully saturated rings. The van der Waals surface area contributed by atoms with Gasteiger partial charge in [-0.25, -0.2) is 0 Å². The zero-order valence-electron chi connectivity index (χ0n) is 38.3. The smallest absolute Gasteiger partial charge is 0.0727 e. The molecule has 4 atom stereocenters. The van der Waals surface area contributed by atoms with Crippen molar-refractivity contribution in [1.29, 1.82) is 0 Å². The SMILES string of the molecule is c1ccc2c(c1)-c1c(N(c3ccc4ccccc4c3)c3ccc4ccccc4c3)cccc1C21c2ccccc2-c2c(N(c3ccc4c(c3)CCCC4)C3CCC4CCCCC4C3)cccc21. The van der Waals surface area contributed by atoms with Crippen LogP contribution in [-0.2, 0) is 18.3 Å². The van der Waals surface area contributed by atoms with Gasteiger partial charge in [0.1, 0.15) is 0 Å². The molecule has 2 heteroatoms. The van der Waals surface area contributed by atoms with Crippen LogP contribution in [0.15, 0.2) is 188 Å². The Bertz CT molecular complexity index is 3340. The molecule has 2 saturated carbocycles. The molecule has 9 aromatic rings. The largest absolute Gasteiger partial charge is 0.338 e. The van der Waals surface area contributed by atoms with Gasteiger partial charge < -0.3 is 9.80 Å². The minimum atomic E-state index is -0.495. The number of fused-ring (bicyclic) bond motifs is 14. The van der Waals surface area contributed by atoms with Gasteiger partial charge in [0, 0.05) is 39.9 Å². The second-order valence-corrected chi connectivity index (χ2v) is 20.4. The van der Waals surface area contributed by atoms with Crippen molar-refractivity contribution >= 4 is 50.0 Å². The van der Waals surface area contributed by atoms with Crippen LogP contribution in [0.2, 0.25) is 0 Å². The van der Waals surface area contributed by atoms with Gasteiger partial charge in [0.25, 0.3) is 0 Å². The molecular weight excluding hydrogens is 809 g/mol. The monoisotopic (exact) mass is 864 g/mol. The van der Waals surface area contributed by atoms with Crippen molar-refractivity contribution in [3.05, 3.63) is 221 Å². The van der Waals surface area contributed by atoms with Gasteiger partial charge in [-0.1, -0.05) is 165 Å². The number of hydrogen-bond acceptors (Lipinski definition) is 2. The molecule has 1 spiro atoms. The first-order valence-corrected chi connectivity index (χ1v) is 25.4. The summed E-state index contributed by atoms with van der Waals surface area (Å²) in [4.78, 5) is 5.40. The normalized spacial score (nSPS) is 21.0. The number of aryl methyl sites for hydroxylation is 2. The standard InChI is InChI=1S/C65H56N2/c1-5-19-47-39-51(35-31-43(47)15-1)66(52-36-32-44-16-2-6-20-48(44)40-52)61-29-13-27-59-63(61)55-23-9-11-25-57(55)65(59)58-26-12-10-24-56(58)64-60(65)28-14-30-62(64)67(53-37-33-45-17-3-7-21-49(45)41-53)54-38-34-46-18-4-8-22-50(46)42-54/h1-2,5-6,9-16,19-20,23-33,35-37,39-41,46,50,54H,3-4,7-8,17-18,21-22,34,38,42H2. The molecule has 4 unspecified atom stereocenters. The Hall–Kier alpha value is -6.90. The van der Waals surface area contributed by atoms with E-state index in [9.17, 15) is 0 Å². The van der Waals surface area contributed by atoms with Crippen molar-refractivity contribution in [2.24, 2.45) is 11.8 Å². The Morgan fingerprint density at radius 2 is 0.910 bits per heavy atom. The van der Waals surface area contributed by atoms with Gasteiger partial charge in [-0.15, -0.1) is 0 Å². The second kappa shape index (κ2) is 15.6. The van der Waals surface area contributed by atoms with Crippen molar-refractivity contribution in [1.82, 2.24) is 0 Å². The van der Waals surface area contributed by atoms with E-state index in [-0.39, 0.29) is 0 Å². The molecule has 0 N–H and O–H groups in total. The molecule has 67 heavy (non-hydrogen) atoms. The highest BCUT2D eigenvalue weighted by atomic mass is 15.2. The summed E-state index contributed by atoms with van der Waals surface area (Å²) >= 11 is 0. The summed E-state index contributed by atoms with van der Waals surface area (Å²) in [6, 6.07) is 72.9. The summed E-state index contributed by atoms with van der Waals surface area (Å²) in [5.74, 6) is 1.72. The molecule has 0 aromatic heterocycles. The van der Waals surface area contributed by atoms with E-state index in [2.05, 4.69) is 198 Å². The van der Waals surface area contributed by atoms with Crippen LogP contribution in [0.3, 0.4) is 0 Å². The average molecular weight is 865 g/mol. The first kappa shape index (κ1) is 39.3. The van der Waals surface area contributed by atoms with Crippen LogP contribution in [0.1, 0.15) is 91.2 Å². The van der Waals surface area contributed by atoms with Crippen LogP contribution in [-0.4, -0.2) is 6.04 Å². The molecule has 0 bridgehead atoms. The molecule has 5 aliphatic carbocycles. The van der Waals surface area contributed by atoms with Gasteiger partial charge in [0.15, 0.2) is 0 Å². The molecule has 326 valence electrons. The molecule has 14 rings (SSSR count). The van der Waals surface area contributed by atoms with Crippen molar-refractivity contribution in [2.75, 3.05) is 9.80 Å². The van der Waals surface area contributed by atoms with Crippen molar-refractivity contribution in [3.8, 4) is 22.3 Å². The third-order valence-electron chi connectivity index (χ3n) is 17.1. The Labute approximate surface area is 395 Å². The molecular formula is C65H56N2. The Morgan fingerprint density at radius 1 is 0.373 bits per heavy atom. The molecule has 0 radical (unpaired) electrons. The zero-order valence-corrected chi connectivity index (χ0v) is 38.3. The lowest BCUT2D eigenvalue weighted by molar-refractivity contribution is 0.156. The lowest BCUT2D eigenvalue weighted by Gasteiger charge is -2.45. The van der Waals surface area contributed by atoms with Crippen molar-refractivity contribution in [2.45, 2.75) is 82.1 Å². The van der Waals surface area contributed by atoms with Crippen LogP contribution in [0, 0.1) is 11.8 Å². The minimum Gasteiger partial charge on any atom is -0.338 e. The number of hydrogen-bond donors (Lipinski definition) is 0. The molecule has 5 aliphatic rings. The second-order valence-electron chi connectivity index (χ2n) is 20.4. The summed E-state index contributed by atoms with van der Waals surface area (Å²) in [7, 11) is 0. The van der Waals surface area contributed by atoms with E-state index in [1.165, 1.54) is 154 Å². The van der Waals surface area contributed by atoms with E-state index in [0.29, 0.717) is 6.04 Å². The fourth-order valence-electron chi connectivity index (χ4n) is 14.1. The fourth-order valence-corrected chi connectivity index (χ4v) is 14.1. The zero-order chi connectivity index (χ0) is 44.1. The third kappa shape index (κ3) is 6.01. The molecule has 2 nitrogen and oxygen atoms in total. The van der Waals surface area contributed by atoms with E-state index in [1.54, 1.807) is 11.1 Å². The summed E-state index contributed by atoms with van der Waals surface area (Å²) in [6.45, 7) is 0. The van der Waals surface area contributed by atoms with E-state index < -0.39 is 5.41 Å². The van der Waals surface area contributed by atoms with Gasteiger partial charge in [0.2, 0.25) is 0 Å². The van der Waals surface area contributed by atoms with Gasteiger partial charge in [0.05, 0.1) is 11.1 Å². The summed E-state index contributed by atoms with van der Waals surface area (Å²) < 4.78 is 0. The average Bonchev–Trinajstić information content (AvgIpc) is 3.87. The highest BCUT2D eigenvalue weighted by Crippen LogP contribution is 2.66. The lowest BCUT2D eigenvalue weighted by Crippen LogP contribution is -2.40. The van der Waals surface area contributed by atoms with Crippen LogP contribution in [0.4, 0.5) is 28.4 Å². The topological polar surface area (TPSA) is 6.48 Å². The summed E-state index contributed by atoms with van der Waals surface area (Å²) in [5, 5.41) is 4.97. The maximum atomic E-state index is 2.87. The summed E-state index contributed by atoms with van der Waals surface area (Å²) in [5.41, 5.74) is 19.9. The summed E-state index contributed by atoms with van der Waals surface area (Å²) in [6.07, 6.45) is 14.5. The van der Waals surface area contributed by atoms with Gasteiger partial charge in [-0.3, -0.25) is 0 Å². The maximum absolute atomic E-state index is 2.87.